The molecule has 5 heteroatoms. The van der Waals surface area contributed by atoms with E-state index in [9.17, 15) is 0 Å². The number of rotatable bonds is 5. The van der Waals surface area contributed by atoms with Gasteiger partial charge in [-0.1, -0.05) is 6.07 Å². The fourth-order valence-corrected chi connectivity index (χ4v) is 1.32. The minimum absolute atomic E-state index is 0. The van der Waals surface area contributed by atoms with E-state index in [-0.39, 0.29) is 18.2 Å². The molecule has 1 rings (SSSR count). The third-order valence-electron chi connectivity index (χ3n) is 1.92. The van der Waals surface area contributed by atoms with Crippen LogP contribution in [0.2, 0.25) is 0 Å². The Kier molecular flexibility index (Phi) is 6.34. The first kappa shape index (κ1) is 14.6. The van der Waals surface area contributed by atoms with Crippen LogP contribution in [0.1, 0.15) is 12.5 Å². The summed E-state index contributed by atoms with van der Waals surface area (Å²) in [6.45, 7) is 2.50. The summed E-state index contributed by atoms with van der Waals surface area (Å²) in [4.78, 5) is 0. The molecule has 0 saturated heterocycles. The number of hydrogen-bond donors (Lipinski definition) is 2. The molecule has 0 bridgehead atoms. The Bertz CT molecular complexity index is 356. The molecule has 4 nitrogen and oxygen atoms in total. The van der Waals surface area contributed by atoms with Crippen LogP contribution in [0.3, 0.4) is 0 Å². The summed E-state index contributed by atoms with van der Waals surface area (Å²) >= 11 is 0. The van der Waals surface area contributed by atoms with E-state index in [1.54, 1.807) is 7.11 Å². The standard InChI is InChI=1S/C11H16N2O2.ClH/c1-3-15-10-6-8(7-11(12)13)4-5-9(10)14-2;/h4-6H,3,7H2,1-2H3,(H3,12,13);1H. The van der Waals surface area contributed by atoms with Gasteiger partial charge in [0.25, 0.3) is 0 Å². The first-order chi connectivity index (χ1) is 7.17. The molecule has 0 saturated carbocycles. The van der Waals surface area contributed by atoms with Crippen molar-refractivity contribution in [3.63, 3.8) is 0 Å². The van der Waals surface area contributed by atoms with Crippen LogP contribution in [0.4, 0.5) is 0 Å². The lowest BCUT2D eigenvalue weighted by Crippen LogP contribution is -2.12. The summed E-state index contributed by atoms with van der Waals surface area (Å²) in [7, 11) is 1.60. The van der Waals surface area contributed by atoms with Crippen LogP contribution in [0.5, 0.6) is 11.5 Å². The van der Waals surface area contributed by atoms with Gasteiger partial charge < -0.3 is 15.2 Å². The van der Waals surface area contributed by atoms with Gasteiger partial charge in [-0.05, 0) is 24.6 Å². The molecule has 0 spiro atoms. The van der Waals surface area contributed by atoms with Crippen molar-refractivity contribution in [1.82, 2.24) is 0 Å². The average molecular weight is 245 g/mol. The van der Waals surface area contributed by atoms with Gasteiger partial charge in [0.1, 0.15) is 0 Å². The summed E-state index contributed by atoms with van der Waals surface area (Å²) in [6.07, 6.45) is 0.435. The Morgan fingerprint density at radius 2 is 2.06 bits per heavy atom. The van der Waals surface area contributed by atoms with Crippen LogP contribution in [-0.4, -0.2) is 19.6 Å². The molecule has 0 unspecified atom stereocenters. The number of hydrogen-bond acceptors (Lipinski definition) is 3. The highest BCUT2D eigenvalue weighted by molar-refractivity contribution is 5.85. The second-order valence-corrected chi connectivity index (χ2v) is 3.12. The molecule has 0 radical (unpaired) electrons. The molecule has 0 atom stereocenters. The van der Waals surface area contributed by atoms with Crippen LogP contribution in [0.15, 0.2) is 18.2 Å². The number of nitrogens with one attached hydrogen (secondary N) is 1. The molecule has 90 valence electrons. The zero-order valence-electron chi connectivity index (χ0n) is 9.45. The zero-order valence-corrected chi connectivity index (χ0v) is 10.3. The Morgan fingerprint density at radius 3 is 2.56 bits per heavy atom. The molecular weight excluding hydrogens is 228 g/mol. The lowest BCUT2D eigenvalue weighted by molar-refractivity contribution is 0.310. The van der Waals surface area contributed by atoms with Gasteiger partial charge in [-0.3, -0.25) is 5.41 Å². The van der Waals surface area contributed by atoms with Crippen LogP contribution < -0.4 is 15.2 Å². The predicted octanol–water partition coefficient (Wildman–Crippen LogP) is 1.99. The van der Waals surface area contributed by atoms with Gasteiger partial charge in [-0.15, -0.1) is 12.4 Å². The van der Waals surface area contributed by atoms with E-state index < -0.39 is 0 Å². The number of benzene rings is 1. The smallest absolute Gasteiger partial charge is 0.161 e. The van der Waals surface area contributed by atoms with E-state index in [0.29, 0.717) is 24.5 Å². The molecule has 0 aliphatic rings. The fraction of sp³-hybridized carbons (Fsp3) is 0.364. The van der Waals surface area contributed by atoms with Crippen molar-refractivity contribution in [1.29, 1.82) is 5.41 Å². The third kappa shape index (κ3) is 3.98. The van der Waals surface area contributed by atoms with Crippen LogP contribution in [-0.2, 0) is 6.42 Å². The highest BCUT2D eigenvalue weighted by Crippen LogP contribution is 2.28. The maximum atomic E-state index is 7.21. The molecule has 0 fully saturated rings. The van der Waals surface area contributed by atoms with Gasteiger partial charge in [0.2, 0.25) is 0 Å². The highest BCUT2D eigenvalue weighted by Gasteiger charge is 2.05. The summed E-state index contributed by atoms with van der Waals surface area (Å²) in [6, 6.07) is 5.55. The van der Waals surface area contributed by atoms with Crippen molar-refractivity contribution < 1.29 is 9.47 Å². The maximum absolute atomic E-state index is 7.21. The van der Waals surface area contributed by atoms with E-state index >= 15 is 0 Å². The largest absolute Gasteiger partial charge is 0.493 e. The molecule has 0 heterocycles. The molecule has 0 aromatic heterocycles. The third-order valence-corrected chi connectivity index (χ3v) is 1.92. The summed E-state index contributed by atoms with van der Waals surface area (Å²) in [5.41, 5.74) is 6.28. The van der Waals surface area contributed by atoms with Gasteiger partial charge >= 0.3 is 0 Å². The van der Waals surface area contributed by atoms with Crippen LogP contribution >= 0.6 is 12.4 Å². The van der Waals surface area contributed by atoms with Crippen LogP contribution in [0.25, 0.3) is 0 Å². The minimum atomic E-state index is 0. The molecule has 1 aromatic carbocycles. The second-order valence-electron chi connectivity index (χ2n) is 3.12. The zero-order chi connectivity index (χ0) is 11.3. The monoisotopic (exact) mass is 244 g/mol. The van der Waals surface area contributed by atoms with Crippen molar-refractivity contribution in [2.45, 2.75) is 13.3 Å². The Labute approximate surface area is 102 Å². The first-order valence-corrected chi connectivity index (χ1v) is 4.80. The lowest BCUT2D eigenvalue weighted by Gasteiger charge is -2.10. The second kappa shape index (κ2) is 6.95. The van der Waals surface area contributed by atoms with E-state index in [4.69, 9.17) is 20.6 Å². The van der Waals surface area contributed by atoms with E-state index in [1.165, 1.54) is 0 Å². The molecule has 1 aromatic rings. The number of halogens is 1. The van der Waals surface area contributed by atoms with Crippen molar-refractivity contribution in [3.05, 3.63) is 23.8 Å². The Balaban J connectivity index is 0.00000225. The number of amidine groups is 1. The van der Waals surface area contributed by atoms with Crippen molar-refractivity contribution >= 4 is 18.2 Å². The van der Waals surface area contributed by atoms with E-state index in [0.717, 1.165) is 5.56 Å². The average Bonchev–Trinajstić information content (AvgIpc) is 2.18. The predicted molar refractivity (Wildman–Crippen MR) is 67.0 cm³/mol. The molecule has 16 heavy (non-hydrogen) atoms. The Morgan fingerprint density at radius 1 is 1.38 bits per heavy atom. The number of nitrogens with two attached hydrogens (primary N) is 1. The van der Waals surface area contributed by atoms with Gasteiger partial charge in [-0.2, -0.15) is 0 Å². The highest BCUT2D eigenvalue weighted by atomic mass is 35.5. The van der Waals surface area contributed by atoms with Gasteiger partial charge in [0.05, 0.1) is 19.6 Å². The summed E-state index contributed by atoms with van der Waals surface area (Å²) < 4.78 is 10.6. The summed E-state index contributed by atoms with van der Waals surface area (Å²) in [5, 5.41) is 7.21. The number of ether oxygens (including phenoxy) is 2. The molecular formula is C11H17ClN2O2. The summed E-state index contributed by atoms with van der Waals surface area (Å²) in [5.74, 6) is 1.53. The topological polar surface area (TPSA) is 68.3 Å². The van der Waals surface area contributed by atoms with Crippen molar-refractivity contribution in [2.24, 2.45) is 5.73 Å². The minimum Gasteiger partial charge on any atom is -0.493 e. The van der Waals surface area contributed by atoms with Gasteiger partial charge in [-0.25, -0.2) is 0 Å². The molecule has 0 amide bonds. The van der Waals surface area contributed by atoms with E-state index in [1.807, 2.05) is 25.1 Å². The van der Waals surface area contributed by atoms with Crippen molar-refractivity contribution in [2.75, 3.05) is 13.7 Å². The number of methoxy groups -OCH3 is 1. The lowest BCUT2D eigenvalue weighted by atomic mass is 10.1. The quantitative estimate of drug-likeness (QED) is 0.615. The molecule has 0 aliphatic heterocycles. The van der Waals surface area contributed by atoms with Crippen LogP contribution in [0, 0.1) is 5.41 Å². The Hall–Kier alpha value is -1.42. The molecule has 0 aliphatic carbocycles. The van der Waals surface area contributed by atoms with E-state index in [2.05, 4.69) is 0 Å². The maximum Gasteiger partial charge on any atom is 0.161 e. The van der Waals surface area contributed by atoms with Gasteiger partial charge in [0.15, 0.2) is 11.5 Å². The fourth-order valence-electron chi connectivity index (χ4n) is 1.32. The normalized spacial score (nSPS) is 9.12. The first-order valence-electron chi connectivity index (χ1n) is 4.80. The SMILES string of the molecule is CCOc1cc(CC(=N)N)ccc1OC.Cl. The molecule has 3 N–H and O–H groups in total. The van der Waals surface area contributed by atoms with Crippen molar-refractivity contribution in [3.8, 4) is 11.5 Å². The van der Waals surface area contributed by atoms with Gasteiger partial charge in [0, 0.05) is 6.42 Å².